The van der Waals surface area contributed by atoms with Gasteiger partial charge in [-0.2, -0.15) is 0 Å². The normalized spacial score (nSPS) is 19.8. The molecule has 1 fully saturated rings. The molecule has 5 heteroatoms. The van der Waals surface area contributed by atoms with E-state index in [-0.39, 0.29) is 5.91 Å². The number of nitrogens with one attached hydrogen (secondary N) is 2. The van der Waals surface area contributed by atoms with Crippen LogP contribution in [0.5, 0.6) is 0 Å². The van der Waals surface area contributed by atoms with E-state index in [1.165, 1.54) is 5.56 Å². The van der Waals surface area contributed by atoms with Crippen LogP contribution in [0.15, 0.2) is 18.3 Å². The minimum atomic E-state index is 0.0739. The molecule has 0 radical (unpaired) electrons. The molecule has 0 unspecified atom stereocenters. The molecule has 2 heterocycles. The van der Waals surface area contributed by atoms with E-state index >= 15 is 0 Å². The van der Waals surface area contributed by atoms with Gasteiger partial charge in [0, 0.05) is 26.3 Å². The van der Waals surface area contributed by atoms with Gasteiger partial charge < -0.3 is 10.6 Å². The molecule has 0 aromatic carbocycles. The maximum atomic E-state index is 11.5. The molecule has 1 atom stereocenters. The molecule has 0 saturated carbocycles. The minimum Gasteiger partial charge on any atom is -0.373 e. The third-order valence-corrected chi connectivity index (χ3v) is 3.41. The number of likely N-dealkylation sites (tertiary alicyclic amines) is 1. The van der Waals surface area contributed by atoms with E-state index in [0.717, 1.165) is 25.2 Å². The molecule has 1 amide bonds. The molecule has 1 aromatic rings. The van der Waals surface area contributed by atoms with E-state index in [1.54, 1.807) is 7.05 Å². The lowest BCUT2D eigenvalue weighted by atomic mass is 10.1. The van der Waals surface area contributed by atoms with Gasteiger partial charge in [-0.3, -0.25) is 9.69 Å². The molecule has 1 aromatic heterocycles. The first kappa shape index (κ1) is 12.8. The van der Waals surface area contributed by atoms with Gasteiger partial charge in [-0.1, -0.05) is 0 Å². The Labute approximate surface area is 108 Å². The molecule has 1 aliphatic rings. The number of pyridine rings is 1. The third kappa shape index (κ3) is 2.79. The van der Waals surface area contributed by atoms with Crippen LogP contribution >= 0.6 is 0 Å². The molecule has 0 spiro atoms. The van der Waals surface area contributed by atoms with Crippen LogP contribution < -0.4 is 10.6 Å². The van der Waals surface area contributed by atoms with E-state index in [2.05, 4.69) is 26.6 Å². The van der Waals surface area contributed by atoms with Crippen molar-refractivity contribution in [1.82, 2.24) is 15.2 Å². The van der Waals surface area contributed by atoms with Gasteiger partial charge in [0.25, 0.3) is 0 Å². The minimum absolute atomic E-state index is 0.0739. The van der Waals surface area contributed by atoms with Crippen molar-refractivity contribution in [3.05, 3.63) is 23.9 Å². The highest BCUT2D eigenvalue weighted by atomic mass is 16.1. The lowest BCUT2D eigenvalue weighted by molar-refractivity contribution is -0.122. The Morgan fingerprint density at radius 3 is 3.11 bits per heavy atom. The first-order valence-electron chi connectivity index (χ1n) is 6.33. The van der Waals surface area contributed by atoms with Gasteiger partial charge in [-0.05, 0) is 37.1 Å². The Morgan fingerprint density at radius 2 is 2.39 bits per heavy atom. The van der Waals surface area contributed by atoms with Gasteiger partial charge in [0.05, 0.1) is 6.54 Å². The SMILES string of the molecule is CNC(=O)CN1CCC[C@@H]1c1ccnc(NC)c1. The number of likely N-dealkylation sites (N-methyl/N-ethyl adjacent to an activating group) is 1. The molecule has 1 saturated heterocycles. The Morgan fingerprint density at radius 1 is 1.56 bits per heavy atom. The number of anilines is 1. The van der Waals surface area contributed by atoms with Gasteiger partial charge >= 0.3 is 0 Å². The smallest absolute Gasteiger partial charge is 0.233 e. The predicted octanol–water partition coefficient (Wildman–Crippen LogP) is 1.01. The second kappa shape index (κ2) is 5.82. The molecule has 0 bridgehead atoms. The van der Waals surface area contributed by atoms with Crippen molar-refractivity contribution in [2.75, 3.05) is 32.5 Å². The van der Waals surface area contributed by atoms with Crippen molar-refractivity contribution < 1.29 is 4.79 Å². The highest BCUT2D eigenvalue weighted by Gasteiger charge is 2.27. The van der Waals surface area contributed by atoms with Gasteiger partial charge in [0.15, 0.2) is 0 Å². The fraction of sp³-hybridized carbons (Fsp3) is 0.538. The Hall–Kier alpha value is -1.62. The summed E-state index contributed by atoms with van der Waals surface area (Å²) in [6.45, 7) is 1.45. The van der Waals surface area contributed by atoms with Crippen LogP contribution in [0.4, 0.5) is 5.82 Å². The summed E-state index contributed by atoms with van der Waals surface area (Å²) in [5.74, 6) is 0.948. The molecule has 5 nitrogen and oxygen atoms in total. The second-order valence-electron chi connectivity index (χ2n) is 4.53. The molecular formula is C13H20N4O. The van der Waals surface area contributed by atoms with Gasteiger partial charge in [0.2, 0.25) is 5.91 Å². The number of carbonyl (C=O) groups excluding carboxylic acids is 1. The average molecular weight is 248 g/mol. The van der Waals surface area contributed by atoms with Crippen LogP contribution in [0.1, 0.15) is 24.4 Å². The van der Waals surface area contributed by atoms with Gasteiger partial charge in [-0.25, -0.2) is 4.98 Å². The number of hydrogen-bond donors (Lipinski definition) is 2. The van der Waals surface area contributed by atoms with E-state index in [9.17, 15) is 4.79 Å². The van der Waals surface area contributed by atoms with Gasteiger partial charge in [-0.15, -0.1) is 0 Å². The molecule has 2 rings (SSSR count). The molecule has 98 valence electrons. The van der Waals surface area contributed by atoms with Crippen LogP contribution in [0.3, 0.4) is 0 Å². The average Bonchev–Trinajstić information content (AvgIpc) is 2.86. The summed E-state index contributed by atoms with van der Waals surface area (Å²) in [5, 5.41) is 5.73. The summed E-state index contributed by atoms with van der Waals surface area (Å²) in [5.41, 5.74) is 1.23. The first-order chi connectivity index (χ1) is 8.74. The quantitative estimate of drug-likeness (QED) is 0.835. The topological polar surface area (TPSA) is 57.3 Å². The molecule has 1 aliphatic heterocycles. The standard InChI is InChI=1S/C13H20N4O/c1-14-12-8-10(5-6-16-12)11-4-3-7-17(11)9-13(18)15-2/h5-6,8,11H,3-4,7,9H2,1-2H3,(H,14,16)(H,15,18)/t11-/m1/s1. The Kier molecular flexibility index (Phi) is 4.15. The monoisotopic (exact) mass is 248 g/mol. The molecule has 18 heavy (non-hydrogen) atoms. The fourth-order valence-electron chi connectivity index (χ4n) is 2.45. The van der Waals surface area contributed by atoms with Crippen molar-refractivity contribution in [2.45, 2.75) is 18.9 Å². The number of amides is 1. The fourth-order valence-corrected chi connectivity index (χ4v) is 2.45. The largest absolute Gasteiger partial charge is 0.373 e. The zero-order valence-corrected chi connectivity index (χ0v) is 10.9. The van der Waals surface area contributed by atoms with Gasteiger partial charge in [0.1, 0.15) is 5.82 Å². The van der Waals surface area contributed by atoms with E-state index in [1.807, 2.05) is 19.3 Å². The first-order valence-corrected chi connectivity index (χ1v) is 6.33. The predicted molar refractivity (Wildman–Crippen MR) is 71.4 cm³/mol. The highest BCUT2D eigenvalue weighted by molar-refractivity contribution is 5.77. The molecule has 0 aliphatic carbocycles. The van der Waals surface area contributed by atoms with Crippen molar-refractivity contribution >= 4 is 11.7 Å². The van der Waals surface area contributed by atoms with Crippen LogP contribution in [0, 0.1) is 0 Å². The zero-order valence-electron chi connectivity index (χ0n) is 10.9. The number of rotatable bonds is 4. The lowest BCUT2D eigenvalue weighted by Gasteiger charge is -2.24. The second-order valence-corrected chi connectivity index (χ2v) is 4.53. The van der Waals surface area contributed by atoms with Crippen LogP contribution in [0.2, 0.25) is 0 Å². The summed E-state index contributed by atoms with van der Waals surface area (Å²) in [7, 11) is 3.54. The summed E-state index contributed by atoms with van der Waals surface area (Å²) >= 11 is 0. The summed E-state index contributed by atoms with van der Waals surface area (Å²) in [6.07, 6.45) is 4.06. The maximum Gasteiger partial charge on any atom is 0.233 e. The Bertz CT molecular complexity index is 421. The number of nitrogens with zero attached hydrogens (tertiary/aromatic N) is 2. The van der Waals surface area contributed by atoms with E-state index < -0.39 is 0 Å². The zero-order chi connectivity index (χ0) is 13.0. The van der Waals surface area contributed by atoms with Crippen molar-refractivity contribution in [3.63, 3.8) is 0 Å². The van der Waals surface area contributed by atoms with Crippen LogP contribution in [0.25, 0.3) is 0 Å². The number of carbonyl (C=O) groups is 1. The highest BCUT2D eigenvalue weighted by Crippen LogP contribution is 2.31. The maximum absolute atomic E-state index is 11.5. The summed E-state index contributed by atoms with van der Waals surface area (Å²) < 4.78 is 0. The summed E-state index contributed by atoms with van der Waals surface area (Å²) in [6, 6.07) is 4.43. The Balaban J connectivity index is 2.12. The van der Waals surface area contributed by atoms with Crippen molar-refractivity contribution in [2.24, 2.45) is 0 Å². The van der Waals surface area contributed by atoms with E-state index in [4.69, 9.17) is 0 Å². The van der Waals surface area contributed by atoms with Crippen molar-refractivity contribution in [1.29, 1.82) is 0 Å². The van der Waals surface area contributed by atoms with E-state index in [0.29, 0.717) is 12.6 Å². The number of hydrogen-bond acceptors (Lipinski definition) is 4. The summed E-state index contributed by atoms with van der Waals surface area (Å²) in [4.78, 5) is 17.9. The molecular weight excluding hydrogens is 228 g/mol. The van der Waals surface area contributed by atoms with Crippen molar-refractivity contribution in [3.8, 4) is 0 Å². The van der Waals surface area contributed by atoms with Crippen LogP contribution in [-0.2, 0) is 4.79 Å². The molecule has 2 N–H and O–H groups in total. The van der Waals surface area contributed by atoms with Crippen LogP contribution in [-0.4, -0.2) is 43.0 Å². The third-order valence-electron chi connectivity index (χ3n) is 3.41. The lowest BCUT2D eigenvalue weighted by Crippen LogP contribution is -2.35. The number of aromatic nitrogens is 1.